The van der Waals surface area contributed by atoms with E-state index in [1.54, 1.807) is 60.5 Å². The number of methoxy groups -OCH3 is 1. The average Bonchev–Trinajstić information content (AvgIpc) is 3.13. The van der Waals surface area contributed by atoms with Crippen LogP contribution in [0.3, 0.4) is 0 Å². The van der Waals surface area contributed by atoms with Crippen molar-refractivity contribution in [3.8, 4) is 11.5 Å². The Bertz CT molecular complexity index is 1250. The SMILES string of the molecule is CCCOc1ccc(NC(=O)CC2C(=O)N(c3ccc(Cl)cc3)C(=S)N2Cc2ccc(OC)cc2)cc1. The molecule has 4 rings (SSSR count). The fraction of sp³-hybridized carbons (Fsp3) is 0.250. The number of halogens is 1. The van der Waals surface area contributed by atoms with Crippen molar-refractivity contribution in [2.75, 3.05) is 23.9 Å². The Morgan fingerprint density at radius 3 is 2.27 bits per heavy atom. The summed E-state index contributed by atoms with van der Waals surface area (Å²) in [4.78, 5) is 29.9. The van der Waals surface area contributed by atoms with Gasteiger partial charge in [-0.05, 0) is 84.9 Å². The molecule has 0 aliphatic carbocycles. The van der Waals surface area contributed by atoms with Gasteiger partial charge in [-0.15, -0.1) is 0 Å². The number of thiocarbonyl (C=S) groups is 1. The van der Waals surface area contributed by atoms with Crippen LogP contribution in [0.2, 0.25) is 5.02 Å². The van der Waals surface area contributed by atoms with E-state index in [0.717, 1.165) is 23.5 Å². The molecule has 0 spiro atoms. The van der Waals surface area contributed by atoms with Crippen LogP contribution < -0.4 is 19.7 Å². The van der Waals surface area contributed by atoms with E-state index < -0.39 is 6.04 Å². The molecule has 1 N–H and O–H groups in total. The van der Waals surface area contributed by atoms with E-state index in [-0.39, 0.29) is 18.2 Å². The first-order valence-corrected chi connectivity index (χ1v) is 12.7. The molecule has 0 saturated carbocycles. The molecule has 2 amide bonds. The summed E-state index contributed by atoms with van der Waals surface area (Å²) >= 11 is 11.8. The highest BCUT2D eigenvalue weighted by molar-refractivity contribution is 7.80. The molecule has 1 unspecified atom stereocenters. The van der Waals surface area contributed by atoms with Crippen LogP contribution in [0.5, 0.6) is 11.5 Å². The van der Waals surface area contributed by atoms with Gasteiger partial charge in [0.2, 0.25) is 5.91 Å². The Morgan fingerprint density at radius 1 is 1.00 bits per heavy atom. The van der Waals surface area contributed by atoms with Crippen molar-refractivity contribution in [1.82, 2.24) is 4.90 Å². The number of hydrogen-bond donors (Lipinski definition) is 1. The van der Waals surface area contributed by atoms with Gasteiger partial charge in [0, 0.05) is 17.3 Å². The predicted octanol–water partition coefficient (Wildman–Crippen LogP) is 5.67. The van der Waals surface area contributed by atoms with Crippen molar-refractivity contribution in [2.45, 2.75) is 32.4 Å². The van der Waals surface area contributed by atoms with E-state index in [2.05, 4.69) is 5.32 Å². The molecule has 1 aliphatic rings. The number of anilines is 2. The Labute approximate surface area is 226 Å². The number of carbonyl (C=O) groups excluding carboxylic acids is 2. The van der Waals surface area contributed by atoms with Crippen molar-refractivity contribution < 1.29 is 19.1 Å². The van der Waals surface area contributed by atoms with E-state index in [1.807, 2.05) is 31.2 Å². The molecule has 192 valence electrons. The maximum Gasteiger partial charge on any atom is 0.256 e. The summed E-state index contributed by atoms with van der Waals surface area (Å²) < 4.78 is 10.8. The zero-order valence-electron chi connectivity index (χ0n) is 20.6. The number of nitrogens with one attached hydrogen (secondary N) is 1. The third-order valence-electron chi connectivity index (χ3n) is 5.91. The normalized spacial score (nSPS) is 15.2. The minimum Gasteiger partial charge on any atom is -0.497 e. The zero-order chi connectivity index (χ0) is 26.4. The number of nitrogens with zero attached hydrogens (tertiary/aromatic N) is 2. The van der Waals surface area contributed by atoms with E-state index in [0.29, 0.717) is 34.7 Å². The van der Waals surface area contributed by atoms with E-state index >= 15 is 0 Å². The summed E-state index contributed by atoms with van der Waals surface area (Å²) in [5.74, 6) is 0.912. The van der Waals surface area contributed by atoms with Crippen LogP contribution in [-0.4, -0.2) is 41.6 Å². The number of benzene rings is 3. The molecule has 9 heteroatoms. The molecule has 1 atom stereocenters. The first-order chi connectivity index (χ1) is 17.9. The maximum absolute atomic E-state index is 13.6. The zero-order valence-corrected chi connectivity index (χ0v) is 22.2. The second kappa shape index (κ2) is 12.1. The van der Waals surface area contributed by atoms with E-state index in [1.165, 1.54) is 4.90 Å². The number of rotatable bonds is 10. The van der Waals surface area contributed by atoms with Gasteiger partial charge >= 0.3 is 0 Å². The number of carbonyl (C=O) groups is 2. The number of hydrogen-bond acceptors (Lipinski definition) is 5. The van der Waals surface area contributed by atoms with Gasteiger partial charge in [-0.1, -0.05) is 30.7 Å². The highest BCUT2D eigenvalue weighted by atomic mass is 35.5. The monoisotopic (exact) mass is 537 g/mol. The van der Waals surface area contributed by atoms with Crippen LogP contribution >= 0.6 is 23.8 Å². The molecule has 1 aliphatic heterocycles. The Kier molecular flexibility index (Phi) is 8.63. The lowest BCUT2D eigenvalue weighted by molar-refractivity contribution is -0.124. The van der Waals surface area contributed by atoms with Crippen molar-refractivity contribution in [3.63, 3.8) is 0 Å². The van der Waals surface area contributed by atoms with Gasteiger partial charge < -0.3 is 19.7 Å². The predicted molar refractivity (Wildman–Crippen MR) is 149 cm³/mol. The average molecular weight is 538 g/mol. The largest absolute Gasteiger partial charge is 0.497 e. The highest BCUT2D eigenvalue weighted by Crippen LogP contribution is 2.30. The molecule has 37 heavy (non-hydrogen) atoms. The molecular formula is C28H28ClN3O4S. The molecule has 1 heterocycles. The number of ether oxygens (including phenoxy) is 2. The lowest BCUT2D eigenvalue weighted by Gasteiger charge is -2.24. The second-order valence-electron chi connectivity index (χ2n) is 8.55. The van der Waals surface area contributed by atoms with Crippen LogP contribution in [0, 0.1) is 0 Å². The minimum atomic E-state index is -0.766. The first-order valence-electron chi connectivity index (χ1n) is 12.0. The van der Waals surface area contributed by atoms with E-state index in [9.17, 15) is 9.59 Å². The molecular weight excluding hydrogens is 510 g/mol. The molecule has 7 nitrogen and oxygen atoms in total. The van der Waals surface area contributed by atoms with Gasteiger partial charge in [0.05, 0.1) is 25.8 Å². The van der Waals surface area contributed by atoms with Gasteiger partial charge in [-0.2, -0.15) is 0 Å². The first kappa shape index (κ1) is 26.4. The maximum atomic E-state index is 13.6. The minimum absolute atomic E-state index is 0.0622. The van der Waals surface area contributed by atoms with Crippen molar-refractivity contribution in [1.29, 1.82) is 0 Å². The summed E-state index contributed by atoms with van der Waals surface area (Å²) in [7, 11) is 1.60. The van der Waals surface area contributed by atoms with Crippen LogP contribution in [0.15, 0.2) is 72.8 Å². The third kappa shape index (κ3) is 6.39. The van der Waals surface area contributed by atoms with Gasteiger partial charge in [-0.25, -0.2) is 0 Å². The Morgan fingerprint density at radius 2 is 1.65 bits per heavy atom. The highest BCUT2D eigenvalue weighted by Gasteiger charge is 2.44. The lowest BCUT2D eigenvalue weighted by Crippen LogP contribution is -2.37. The van der Waals surface area contributed by atoms with Gasteiger partial charge in [0.25, 0.3) is 5.91 Å². The van der Waals surface area contributed by atoms with Crippen LogP contribution in [-0.2, 0) is 16.1 Å². The van der Waals surface area contributed by atoms with Crippen molar-refractivity contribution >= 4 is 52.1 Å². The van der Waals surface area contributed by atoms with Crippen LogP contribution in [0.4, 0.5) is 11.4 Å². The van der Waals surface area contributed by atoms with Crippen LogP contribution in [0.25, 0.3) is 0 Å². The quantitative estimate of drug-likeness (QED) is 0.336. The lowest BCUT2D eigenvalue weighted by atomic mass is 10.1. The second-order valence-corrected chi connectivity index (χ2v) is 9.35. The third-order valence-corrected chi connectivity index (χ3v) is 6.57. The number of amides is 2. The summed E-state index contributed by atoms with van der Waals surface area (Å²) in [5.41, 5.74) is 2.16. The van der Waals surface area contributed by atoms with Crippen LogP contribution in [0.1, 0.15) is 25.3 Å². The topological polar surface area (TPSA) is 71.1 Å². The molecule has 3 aromatic rings. The molecule has 1 saturated heterocycles. The molecule has 1 fully saturated rings. The Hall–Kier alpha value is -3.62. The molecule has 3 aromatic carbocycles. The van der Waals surface area contributed by atoms with E-state index in [4.69, 9.17) is 33.3 Å². The molecule has 0 bridgehead atoms. The smallest absolute Gasteiger partial charge is 0.256 e. The Balaban J connectivity index is 1.53. The van der Waals surface area contributed by atoms with Crippen molar-refractivity contribution in [2.24, 2.45) is 0 Å². The van der Waals surface area contributed by atoms with Crippen molar-refractivity contribution in [3.05, 3.63) is 83.4 Å². The fourth-order valence-corrected chi connectivity index (χ4v) is 4.52. The standard InChI is InChI=1S/C28H28ClN3O4S/c1-3-16-36-24-14-8-21(9-15-24)30-26(33)17-25-27(34)32(22-10-6-20(29)7-11-22)28(37)31(25)18-19-4-12-23(35-2)13-5-19/h4-15,25H,3,16-18H2,1-2H3,(H,30,33). The molecule has 0 aromatic heterocycles. The summed E-state index contributed by atoms with van der Waals surface area (Å²) in [6.07, 6.45) is 0.850. The van der Waals surface area contributed by atoms with Gasteiger partial charge in [0.15, 0.2) is 5.11 Å². The van der Waals surface area contributed by atoms with Gasteiger partial charge in [0.1, 0.15) is 17.5 Å². The summed E-state index contributed by atoms with van der Waals surface area (Å²) in [6.45, 7) is 3.03. The molecule has 0 radical (unpaired) electrons. The van der Waals surface area contributed by atoms with Gasteiger partial charge in [-0.3, -0.25) is 14.5 Å². The fourth-order valence-electron chi connectivity index (χ4n) is 4.01. The summed E-state index contributed by atoms with van der Waals surface area (Å²) in [5, 5.41) is 3.77. The summed E-state index contributed by atoms with van der Waals surface area (Å²) in [6, 6.07) is 20.8.